The van der Waals surface area contributed by atoms with E-state index in [0.717, 1.165) is 0 Å². The highest BCUT2D eigenvalue weighted by Crippen LogP contribution is 2.23. The highest BCUT2D eigenvalue weighted by molar-refractivity contribution is 6.04. The van der Waals surface area contributed by atoms with E-state index >= 15 is 0 Å². The summed E-state index contributed by atoms with van der Waals surface area (Å²) >= 11 is 0. The minimum Gasteiger partial charge on any atom is -0.382 e. The predicted molar refractivity (Wildman–Crippen MR) is 161 cm³/mol. The lowest BCUT2D eigenvalue weighted by Crippen LogP contribution is -2.35. The van der Waals surface area contributed by atoms with Gasteiger partial charge in [0.15, 0.2) is 46.5 Å². The van der Waals surface area contributed by atoms with Gasteiger partial charge >= 0.3 is 0 Å². The summed E-state index contributed by atoms with van der Waals surface area (Å²) in [5.74, 6) is -3.85. The molecule has 0 saturated heterocycles. The molecule has 1 aromatic rings. The van der Waals surface area contributed by atoms with Gasteiger partial charge in [0, 0.05) is 57.3 Å². The summed E-state index contributed by atoms with van der Waals surface area (Å²) in [6, 6.07) is 0. The molecule has 0 unspecified atom stereocenters. The molecule has 2 atom stereocenters. The van der Waals surface area contributed by atoms with E-state index in [1.54, 1.807) is 0 Å². The Morgan fingerprint density at radius 1 is 0.714 bits per heavy atom. The highest BCUT2D eigenvalue weighted by atomic mass is 16.2. The molecular weight excluding hydrogens is 546 g/mol. The maximum absolute atomic E-state index is 13.1. The van der Waals surface area contributed by atoms with Crippen molar-refractivity contribution in [3.05, 3.63) is 11.4 Å². The molecule has 0 fully saturated rings. The van der Waals surface area contributed by atoms with Gasteiger partial charge in [-0.3, -0.25) is 29.2 Å². The molecule has 17 nitrogen and oxygen atoms in total. The molecule has 42 heavy (non-hydrogen) atoms. The smallest absolute Gasteiger partial charge is 0.223 e. The van der Waals surface area contributed by atoms with Crippen LogP contribution in [0.15, 0.2) is 9.98 Å². The molecule has 1 amide bonds. The van der Waals surface area contributed by atoms with E-state index in [1.165, 1.54) is 0 Å². The lowest BCUT2D eigenvalue weighted by molar-refractivity contribution is -0.125. The van der Waals surface area contributed by atoms with Crippen LogP contribution in [0.25, 0.3) is 0 Å². The molecule has 1 aromatic heterocycles. The van der Waals surface area contributed by atoms with Crippen molar-refractivity contribution in [2.45, 2.75) is 51.4 Å². The lowest BCUT2D eigenvalue weighted by Gasteiger charge is -2.17. The summed E-state index contributed by atoms with van der Waals surface area (Å²) in [6.07, 6.45) is 1.77. The van der Waals surface area contributed by atoms with Crippen molar-refractivity contribution in [1.29, 1.82) is 0 Å². The number of nitrogens with one attached hydrogen (secondary N) is 1. The number of nitrogens with zero attached hydrogens (tertiary/aromatic N) is 4. The Bertz CT molecular complexity index is 1040. The van der Waals surface area contributed by atoms with Gasteiger partial charge in [-0.1, -0.05) is 0 Å². The Balaban J connectivity index is 3.08. The molecule has 0 spiro atoms. The third-order valence-electron chi connectivity index (χ3n) is 6.25. The van der Waals surface area contributed by atoms with Crippen LogP contribution in [0, 0.1) is 11.8 Å². The maximum atomic E-state index is 13.1. The molecule has 1 rings (SSSR count). The minimum atomic E-state index is -0.749. The van der Waals surface area contributed by atoms with Gasteiger partial charge in [0.2, 0.25) is 5.91 Å². The lowest BCUT2D eigenvalue weighted by atomic mass is 9.89. The Morgan fingerprint density at radius 2 is 1.19 bits per heavy atom. The molecule has 0 aliphatic carbocycles. The van der Waals surface area contributed by atoms with Crippen LogP contribution in [0.4, 0.5) is 11.6 Å². The molecule has 0 radical (unpaired) electrons. The Hall–Kier alpha value is -4.38. The van der Waals surface area contributed by atoms with Gasteiger partial charge in [0.25, 0.3) is 0 Å². The van der Waals surface area contributed by atoms with E-state index in [1.807, 2.05) is 0 Å². The first-order chi connectivity index (χ1) is 19.9. The zero-order valence-corrected chi connectivity index (χ0v) is 23.9. The second-order valence-electron chi connectivity index (χ2n) is 9.68. The quantitative estimate of drug-likeness (QED) is 0.0309. The highest BCUT2D eigenvalue weighted by Gasteiger charge is 2.28. The molecule has 17 N–H and O–H groups in total. The third kappa shape index (κ3) is 12.9. The van der Waals surface area contributed by atoms with Gasteiger partial charge in [-0.25, -0.2) is 9.97 Å². The molecule has 0 saturated carbocycles. The first kappa shape index (κ1) is 35.6. The van der Waals surface area contributed by atoms with Crippen LogP contribution in [0.5, 0.6) is 0 Å². The van der Waals surface area contributed by atoms with Gasteiger partial charge < -0.3 is 51.2 Å². The van der Waals surface area contributed by atoms with Crippen LogP contribution in [0.3, 0.4) is 0 Å². The molecule has 0 bridgehead atoms. The Kier molecular flexibility index (Phi) is 16.0. The summed E-state index contributed by atoms with van der Waals surface area (Å²) in [5, 5.41) is 2.66. The van der Waals surface area contributed by atoms with E-state index in [-0.39, 0.29) is 85.5 Å². The van der Waals surface area contributed by atoms with Crippen molar-refractivity contribution in [3.63, 3.8) is 0 Å². The minimum absolute atomic E-state index is 0.0707. The van der Waals surface area contributed by atoms with Gasteiger partial charge in [0.1, 0.15) is 5.78 Å². The number of hydrogen-bond acceptors (Lipinski definition) is 12. The SMILES string of the molecule is NCCCC(=O)[C@H](CCCN=C(N)N)CC(=O)c1nc(N)c(C(=O)C[C@@H](CCCN=C(N)N)C(=O)NCCN)nc1N. The van der Waals surface area contributed by atoms with Gasteiger partial charge in [0.05, 0.1) is 0 Å². The number of anilines is 2. The van der Waals surface area contributed by atoms with Gasteiger partial charge in [-0.05, 0) is 38.6 Å². The van der Waals surface area contributed by atoms with Crippen LogP contribution >= 0.6 is 0 Å². The zero-order valence-electron chi connectivity index (χ0n) is 23.9. The zero-order chi connectivity index (χ0) is 31.7. The Morgan fingerprint density at radius 3 is 1.64 bits per heavy atom. The van der Waals surface area contributed by atoms with Crippen LogP contribution in [0.1, 0.15) is 72.3 Å². The standard InChI is InChI=1S/C25H45N13O4/c26-7-1-6-16(39)14(4-2-9-35-24(30)31)12-17(40)19-21(28)38-20(22(29)37-19)18(41)13-15(23(42)34-11-8-27)5-3-10-36-25(32)33/h14-15H,1-13,26-27H2,(H2,28,38)(H2,29,37)(H,34,42)(H4,30,31,35)(H4,32,33,36)/t14-,15-/m1/s1. The number of nitrogens with two attached hydrogens (primary N) is 8. The van der Waals surface area contributed by atoms with Crippen LogP contribution < -0.4 is 51.2 Å². The van der Waals surface area contributed by atoms with E-state index < -0.39 is 23.4 Å². The summed E-state index contributed by atoms with van der Waals surface area (Å²) in [6.45, 7) is 1.35. The molecule has 0 aromatic carbocycles. The van der Waals surface area contributed by atoms with E-state index in [0.29, 0.717) is 45.2 Å². The number of carbonyl (C=O) groups excluding carboxylic acids is 4. The second-order valence-corrected chi connectivity index (χ2v) is 9.68. The Labute approximate surface area is 244 Å². The van der Waals surface area contributed by atoms with Crippen molar-refractivity contribution in [2.24, 2.45) is 56.2 Å². The number of aromatic nitrogens is 2. The van der Waals surface area contributed by atoms with E-state index in [4.69, 9.17) is 45.9 Å². The van der Waals surface area contributed by atoms with Crippen LogP contribution in [-0.4, -0.2) is 77.9 Å². The van der Waals surface area contributed by atoms with Crippen molar-refractivity contribution in [1.82, 2.24) is 15.3 Å². The first-order valence-corrected chi connectivity index (χ1v) is 13.7. The van der Waals surface area contributed by atoms with E-state index in [9.17, 15) is 19.2 Å². The molecular formula is C25H45N13O4. The number of ketones is 3. The fourth-order valence-electron chi connectivity index (χ4n) is 4.13. The molecule has 17 heteroatoms. The topological polar surface area (TPSA) is 339 Å². The molecule has 1 heterocycles. The number of Topliss-reactive ketones (excluding diaryl/α,β-unsaturated/α-hetero) is 3. The normalized spacial score (nSPS) is 12.1. The summed E-state index contributed by atoms with van der Waals surface area (Å²) in [5.41, 5.74) is 43.9. The predicted octanol–water partition coefficient (Wildman–Crippen LogP) is -2.49. The summed E-state index contributed by atoms with van der Waals surface area (Å²) in [4.78, 5) is 67.5. The largest absolute Gasteiger partial charge is 0.382 e. The van der Waals surface area contributed by atoms with Gasteiger partial charge in [-0.15, -0.1) is 0 Å². The summed E-state index contributed by atoms with van der Waals surface area (Å²) in [7, 11) is 0. The van der Waals surface area contributed by atoms with E-state index in [2.05, 4.69) is 25.3 Å². The average molecular weight is 592 g/mol. The summed E-state index contributed by atoms with van der Waals surface area (Å²) < 4.78 is 0. The van der Waals surface area contributed by atoms with Crippen molar-refractivity contribution in [2.75, 3.05) is 44.2 Å². The van der Waals surface area contributed by atoms with Crippen LogP contribution in [0.2, 0.25) is 0 Å². The number of aliphatic imine (C=N–C) groups is 2. The molecule has 234 valence electrons. The average Bonchev–Trinajstić information content (AvgIpc) is 2.93. The monoisotopic (exact) mass is 591 g/mol. The maximum Gasteiger partial charge on any atom is 0.223 e. The second kappa shape index (κ2) is 18.9. The van der Waals surface area contributed by atoms with Crippen molar-refractivity contribution < 1.29 is 19.2 Å². The van der Waals surface area contributed by atoms with Crippen LogP contribution in [-0.2, 0) is 9.59 Å². The van der Waals surface area contributed by atoms with Crippen molar-refractivity contribution >= 4 is 46.8 Å². The number of carbonyl (C=O) groups is 4. The van der Waals surface area contributed by atoms with Crippen molar-refractivity contribution in [3.8, 4) is 0 Å². The molecule has 0 aliphatic heterocycles. The number of nitrogen functional groups attached to an aromatic ring is 2. The number of guanidine groups is 2. The number of rotatable bonds is 21. The fraction of sp³-hybridized carbons (Fsp3) is 0.600. The number of amides is 1. The molecule has 0 aliphatic rings. The third-order valence-corrected chi connectivity index (χ3v) is 6.25. The van der Waals surface area contributed by atoms with Gasteiger partial charge in [-0.2, -0.15) is 0 Å². The first-order valence-electron chi connectivity index (χ1n) is 13.7. The fourth-order valence-corrected chi connectivity index (χ4v) is 4.13. The number of hydrogen-bond donors (Lipinski definition) is 9.